The maximum Gasteiger partial charge on any atom is 0.335 e. The summed E-state index contributed by atoms with van der Waals surface area (Å²) >= 11 is 0. The van der Waals surface area contributed by atoms with Crippen LogP contribution in [0.25, 0.3) is 11.3 Å². The molecule has 17 heavy (non-hydrogen) atoms. The van der Waals surface area contributed by atoms with E-state index in [0.29, 0.717) is 5.56 Å². The van der Waals surface area contributed by atoms with Crippen LogP contribution in [0.3, 0.4) is 0 Å². The fraction of sp³-hybridized carbons (Fsp3) is 0.231. The van der Waals surface area contributed by atoms with E-state index in [1.54, 1.807) is 18.3 Å². The molecule has 4 heteroatoms. The predicted molar refractivity (Wildman–Crippen MR) is 65.0 cm³/mol. The average Bonchev–Trinajstić information content (AvgIpc) is 2.76. The molecule has 1 N–H and O–H groups in total. The van der Waals surface area contributed by atoms with Crippen LogP contribution in [0.15, 0.2) is 30.5 Å². The molecule has 88 valence electrons. The number of nitrogens with zero attached hydrogens (tertiary/aromatic N) is 2. The lowest BCUT2D eigenvalue weighted by molar-refractivity contribution is 0.0697. The van der Waals surface area contributed by atoms with E-state index in [4.69, 9.17) is 5.11 Å². The van der Waals surface area contributed by atoms with E-state index in [0.717, 1.165) is 23.4 Å². The highest BCUT2D eigenvalue weighted by molar-refractivity contribution is 5.88. The molecule has 1 heterocycles. The van der Waals surface area contributed by atoms with Gasteiger partial charge in [0.2, 0.25) is 0 Å². The summed E-state index contributed by atoms with van der Waals surface area (Å²) in [6.07, 6.45) is 1.75. The molecule has 0 aliphatic rings. The van der Waals surface area contributed by atoms with Crippen molar-refractivity contribution >= 4 is 5.97 Å². The van der Waals surface area contributed by atoms with Crippen LogP contribution in [-0.2, 0) is 6.54 Å². The van der Waals surface area contributed by atoms with E-state index < -0.39 is 5.97 Å². The van der Waals surface area contributed by atoms with Crippen LogP contribution in [0.4, 0.5) is 0 Å². The smallest absolute Gasteiger partial charge is 0.335 e. The fourth-order valence-electron chi connectivity index (χ4n) is 1.90. The number of hydrogen-bond donors (Lipinski definition) is 1. The molecule has 4 nitrogen and oxygen atoms in total. The van der Waals surface area contributed by atoms with Gasteiger partial charge in [-0.2, -0.15) is 5.10 Å². The zero-order valence-corrected chi connectivity index (χ0v) is 9.84. The van der Waals surface area contributed by atoms with Crippen molar-refractivity contribution in [3.63, 3.8) is 0 Å². The Kier molecular flexibility index (Phi) is 2.95. The molecule has 0 fully saturated rings. The molecular formula is C13H14N2O2. The van der Waals surface area contributed by atoms with E-state index in [-0.39, 0.29) is 0 Å². The minimum absolute atomic E-state index is 0.314. The molecule has 2 aromatic rings. The van der Waals surface area contributed by atoms with Crippen LogP contribution < -0.4 is 0 Å². The number of carboxylic acids is 1. The van der Waals surface area contributed by atoms with Gasteiger partial charge in [-0.25, -0.2) is 4.79 Å². The molecule has 0 spiro atoms. The lowest BCUT2D eigenvalue weighted by Gasteiger charge is -2.08. The van der Waals surface area contributed by atoms with Crippen LogP contribution >= 0.6 is 0 Å². The molecule has 2 rings (SSSR count). The van der Waals surface area contributed by atoms with Crippen LogP contribution in [-0.4, -0.2) is 20.9 Å². The van der Waals surface area contributed by atoms with Gasteiger partial charge in [0.25, 0.3) is 0 Å². The molecular weight excluding hydrogens is 216 g/mol. The van der Waals surface area contributed by atoms with E-state index in [1.807, 2.05) is 30.7 Å². The highest BCUT2D eigenvalue weighted by Gasteiger charge is 2.10. The summed E-state index contributed by atoms with van der Waals surface area (Å²) in [5.41, 5.74) is 3.30. The lowest BCUT2D eigenvalue weighted by Crippen LogP contribution is -2.01. The first kappa shape index (κ1) is 11.4. The summed E-state index contributed by atoms with van der Waals surface area (Å²) in [4.78, 5) is 10.9. The van der Waals surface area contributed by atoms with E-state index in [1.165, 1.54) is 0 Å². The maximum atomic E-state index is 10.9. The highest BCUT2D eigenvalue weighted by Crippen LogP contribution is 2.24. The molecule has 0 amide bonds. The fourth-order valence-corrected chi connectivity index (χ4v) is 1.90. The second-order valence-corrected chi connectivity index (χ2v) is 3.87. The quantitative estimate of drug-likeness (QED) is 0.881. The van der Waals surface area contributed by atoms with Gasteiger partial charge in [-0.3, -0.25) is 4.68 Å². The third kappa shape index (κ3) is 2.06. The van der Waals surface area contributed by atoms with E-state index in [9.17, 15) is 4.79 Å². The van der Waals surface area contributed by atoms with Gasteiger partial charge in [0.15, 0.2) is 0 Å². The first-order valence-corrected chi connectivity index (χ1v) is 5.49. The predicted octanol–water partition coefficient (Wildman–Crippen LogP) is 2.58. The Balaban J connectivity index is 2.50. The molecule has 0 bridgehead atoms. The second kappa shape index (κ2) is 4.41. The number of aromatic carboxylic acids is 1. The van der Waals surface area contributed by atoms with Crippen LogP contribution in [0, 0.1) is 6.92 Å². The lowest BCUT2D eigenvalue weighted by atomic mass is 10.0. The number of benzene rings is 1. The van der Waals surface area contributed by atoms with Gasteiger partial charge in [-0.05, 0) is 37.6 Å². The second-order valence-electron chi connectivity index (χ2n) is 3.87. The van der Waals surface area contributed by atoms with E-state index in [2.05, 4.69) is 5.10 Å². The van der Waals surface area contributed by atoms with Gasteiger partial charge < -0.3 is 5.11 Å². The zero-order chi connectivity index (χ0) is 12.4. The number of rotatable bonds is 3. The molecule has 0 unspecified atom stereocenters. The molecule has 0 saturated heterocycles. The van der Waals surface area contributed by atoms with Crippen molar-refractivity contribution in [1.82, 2.24) is 9.78 Å². The topological polar surface area (TPSA) is 55.1 Å². The Bertz CT molecular complexity index is 558. The number of aryl methyl sites for hydroxylation is 2. The molecule has 1 aromatic heterocycles. The Morgan fingerprint density at radius 2 is 2.18 bits per heavy atom. The van der Waals surface area contributed by atoms with Gasteiger partial charge in [0.05, 0.1) is 11.3 Å². The molecule has 0 atom stereocenters. The third-order valence-electron chi connectivity index (χ3n) is 2.77. The normalized spacial score (nSPS) is 10.5. The SMILES string of the molecule is CCn1nccc1-c1ccc(C(=O)O)cc1C. The highest BCUT2D eigenvalue weighted by atomic mass is 16.4. The molecule has 0 radical (unpaired) electrons. The summed E-state index contributed by atoms with van der Waals surface area (Å²) in [5.74, 6) is -0.899. The Morgan fingerprint density at radius 1 is 1.41 bits per heavy atom. The molecule has 0 aliphatic carbocycles. The number of carbonyl (C=O) groups is 1. The van der Waals surface area contributed by atoms with Crippen molar-refractivity contribution in [1.29, 1.82) is 0 Å². The van der Waals surface area contributed by atoms with E-state index >= 15 is 0 Å². The summed E-state index contributed by atoms with van der Waals surface area (Å²) in [6, 6.07) is 7.08. The van der Waals surface area contributed by atoms with Crippen molar-refractivity contribution in [2.24, 2.45) is 0 Å². The van der Waals surface area contributed by atoms with Crippen molar-refractivity contribution in [2.75, 3.05) is 0 Å². The first-order chi connectivity index (χ1) is 8.13. The Labute approximate surface area is 99.5 Å². The van der Waals surface area contributed by atoms with Crippen LogP contribution in [0.1, 0.15) is 22.8 Å². The third-order valence-corrected chi connectivity index (χ3v) is 2.77. The Hall–Kier alpha value is -2.10. The van der Waals surface area contributed by atoms with Gasteiger partial charge in [-0.15, -0.1) is 0 Å². The first-order valence-electron chi connectivity index (χ1n) is 5.49. The van der Waals surface area contributed by atoms with Crippen LogP contribution in [0.5, 0.6) is 0 Å². The van der Waals surface area contributed by atoms with Gasteiger partial charge in [0.1, 0.15) is 0 Å². The largest absolute Gasteiger partial charge is 0.478 e. The maximum absolute atomic E-state index is 10.9. The molecule has 0 aliphatic heterocycles. The van der Waals surface area contributed by atoms with Gasteiger partial charge in [-0.1, -0.05) is 6.07 Å². The van der Waals surface area contributed by atoms with Crippen molar-refractivity contribution < 1.29 is 9.90 Å². The van der Waals surface area contributed by atoms with Crippen molar-refractivity contribution in [2.45, 2.75) is 20.4 Å². The van der Waals surface area contributed by atoms with Crippen LogP contribution in [0.2, 0.25) is 0 Å². The van der Waals surface area contributed by atoms with Crippen molar-refractivity contribution in [3.05, 3.63) is 41.6 Å². The Morgan fingerprint density at radius 3 is 2.76 bits per heavy atom. The summed E-state index contributed by atoms with van der Waals surface area (Å²) in [7, 11) is 0. The summed E-state index contributed by atoms with van der Waals surface area (Å²) in [6.45, 7) is 4.73. The number of aromatic nitrogens is 2. The monoisotopic (exact) mass is 230 g/mol. The minimum atomic E-state index is -0.899. The average molecular weight is 230 g/mol. The number of hydrogen-bond acceptors (Lipinski definition) is 2. The summed E-state index contributed by atoms with van der Waals surface area (Å²) < 4.78 is 1.89. The zero-order valence-electron chi connectivity index (χ0n) is 9.84. The van der Waals surface area contributed by atoms with Gasteiger partial charge in [0, 0.05) is 18.3 Å². The standard InChI is InChI=1S/C13H14N2O2/c1-3-15-12(6-7-14-15)11-5-4-10(13(16)17)8-9(11)2/h4-8H,3H2,1-2H3,(H,16,17). The molecule has 1 aromatic carbocycles. The number of carboxylic acid groups (broad SMARTS) is 1. The summed E-state index contributed by atoms with van der Waals surface area (Å²) in [5, 5.41) is 13.1. The molecule has 0 saturated carbocycles. The van der Waals surface area contributed by atoms with Gasteiger partial charge >= 0.3 is 5.97 Å². The minimum Gasteiger partial charge on any atom is -0.478 e. The van der Waals surface area contributed by atoms with Crippen molar-refractivity contribution in [3.8, 4) is 11.3 Å².